The molecule has 8 heteroatoms. The maximum atomic E-state index is 11.5. The molecule has 1 aliphatic rings. The van der Waals surface area contributed by atoms with Gasteiger partial charge in [0, 0.05) is 30.7 Å². The number of nitrogens with two attached hydrogens (primary N) is 1. The van der Waals surface area contributed by atoms with Crippen LogP contribution in [-0.4, -0.2) is 39.9 Å². The standard InChI is InChI=1S/C14H22N6O2/c1-14(2,3)20-13-17-7-9(11(15)22)12(19-13)16-6-8-4-5-10(21)18-8/h7-8H,4-6H2,1-3H3,(H2,15,22)(H,18,21)(H2,16,17,19,20). The third-order valence-electron chi connectivity index (χ3n) is 3.14. The first-order valence-corrected chi connectivity index (χ1v) is 7.23. The molecule has 1 fully saturated rings. The molecule has 0 aliphatic carbocycles. The lowest BCUT2D eigenvalue weighted by atomic mass is 10.1. The molecule has 1 unspecified atom stereocenters. The summed E-state index contributed by atoms with van der Waals surface area (Å²) in [5.41, 5.74) is 5.37. The molecule has 0 radical (unpaired) electrons. The normalized spacial score (nSPS) is 18.0. The fourth-order valence-corrected chi connectivity index (χ4v) is 2.14. The zero-order valence-corrected chi connectivity index (χ0v) is 13.1. The molecule has 0 aromatic carbocycles. The summed E-state index contributed by atoms with van der Waals surface area (Å²) in [6, 6.07) is 0.0298. The molecule has 120 valence electrons. The van der Waals surface area contributed by atoms with Crippen LogP contribution in [0.2, 0.25) is 0 Å². The van der Waals surface area contributed by atoms with Gasteiger partial charge in [0.15, 0.2) is 0 Å². The van der Waals surface area contributed by atoms with Crippen LogP contribution in [0.15, 0.2) is 6.20 Å². The van der Waals surface area contributed by atoms with E-state index in [-0.39, 0.29) is 23.1 Å². The van der Waals surface area contributed by atoms with E-state index in [0.29, 0.717) is 24.7 Å². The molecule has 22 heavy (non-hydrogen) atoms. The Balaban J connectivity index is 2.13. The van der Waals surface area contributed by atoms with Crippen molar-refractivity contribution < 1.29 is 9.59 Å². The van der Waals surface area contributed by atoms with Gasteiger partial charge in [-0.1, -0.05) is 0 Å². The molecule has 1 atom stereocenters. The number of carbonyl (C=O) groups excluding carboxylic acids is 2. The van der Waals surface area contributed by atoms with Crippen molar-refractivity contribution in [1.29, 1.82) is 0 Å². The van der Waals surface area contributed by atoms with E-state index in [1.165, 1.54) is 6.20 Å². The Morgan fingerprint density at radius 2 is 2.23 bits per heavy atom. The lowest BCUT2D eigenvalue weighted by Gasteiger charge is -2.21. The number of rotatable bonds is 5. The topological polar surface area (TPSA) is 122 Å². The quantitative estimate of drug-likeness (QED) is 0.627. The number of hydrogen-bond acceptors (Lipinski definition) is 6. The summed E-state index contributed by atoms with van der Waals surface area (Å²) in [6.45, 7) is 6.44. The number of primary amides is 1. The Labute approximate surface area is 129 Å². The molecule has 0 spiro atoms. The van der Waals surface area contributed by atoms with Crippen LogP contribution in [0.4, 0.5) is 11.8 Å². The van der Waals surface area contributed by atoms with Crippen LogP contribution < -0.4 is 21.7 Å². The lowest BCUT2D eigenvalue weighted by molar-refractivity contribution is -0.119. The Kier molecular flexibility index (Phi) is 4.48. The van der Waals surface area contributed by atoms with Gasteiger partial charge in [0.1, 0.15) is 5.82 Å². The molecule has 1 aromatic rings. The van der Waals surface area contributed by atoms with E-state index in [1.54, 1.807) is 0 Å². The highest BCUT2D eigenvalue weighted by atomic mass is 16.2. The van der Waals surface area contributed by atoms with Gasteiger partial charge in [-0.05, 0) is 27.2 Å². The fourth-order valence-electron chi connectivity index (χ4n) is 2.14. The van der Waals surface area contributed by atoms with Gasteiger partial charge in [-0.15, -0.1) is 0 Å². The number of nitrogens with zero attached hydrogens (tertiary/aromatic N) is 2. The molecular weight excluding hydrogens is 284 g/mol. The SMILES string of the molecule is CC(C)(C)Nc1ncc(C(N)=O)c(NCC2CCC(=O)N2)n1. The minimum Gasteiger partial charge on any atom is -0.367 e. The molecule has 0 bridgehead atoms. The maximum Gasteiger partial charge on any atom is 0.254 e. The monoisotopic (exact) mass is 306 g/mol. The molecule has 2 amide bonds. The van der Waals surface area contributed by atoms with E-state index in [4.69, 9.17) is 5.73 Å². The Morgan fingerprint density at radius 1 is 1.50 bits per heavy atom. The summed E-state index contributed by atoms with van der Waals surface area (Å²) in [5.74, 6) is 0.228. The predicted molar refractivity (Wildman–Crippen MR) is 83.6 cm³/mol. The number of hydrogen-bond donors (Lipinski definition) is 4. The summed E-state index contributed by atoms with van der Waals surface area (Å²) >= 11 is 0. The van der Waals surface area contributed by atoms with Crippen LogP contribution >= 0.6 is 0 Å². The summed E-state index contributed by atoms with van der Waals surface area (Å²) in [5, 5.41) is 9.06. The number of amides is 2. The Bertz CT molecular complexity index is 581. The van der Waals surface area contributed by atoms with Crippen molar-refractivity contribution in [1.82, 2.24) is 15.3 Å². The minimum atomic E-state index is -0.597. The van der Waals surface area contributed by atoms with Gasteiger partial charge >= 0.3 is 0 Å². The largest absolute Gasteiger partial charge is 0.367 e. The van der Waals surface area contributed by atoms with Gasteiger partial charge in [-0.3, -0.25) is 9.59 Å². The van der Waals surface area contributed by atoms with E-state index in [2.05, 4.69) is 25.9 Å². The number of anilines is 2. The van der Waals surface area contributed by atoms with Crippen molar-refractivity contribution in [2.75, 3.05) is 17.2 Å². The molecule has 8 nitrogen and oxygen atoms in total. The second-order valence-electron chi connectivity index (χ2n) is 6.38. The second kappa shape index (κ2) is 6.17. The zero-order chi connectivity index (χ0) is 16.3. The third-order valence-corrected chi connectivity index (χ3v) is 3.14. The van der Waals surface area contributed by atoms with E-state index in [0.717, 1.165) is 6.42 Å². The van der Waals surface area contributed by atoms with E-state index >= 15 is 0 Å². The van der Waals surface area contributed by atoms with Crippen LogP contribution in [0.1, 0.15) is 44.0 Å². The van der Waals surface area contributed by atoms with Gasteiger partial charge in [-0.25, -0.2) is 4.98 Å². The summed E-state index contributed by atoms with van der Waals surface area (Å²) in [7, 11) is 0. The van der Waals surface area contributed by atoms with Gasteiger partial charge in [-0.2, -0.15) is 4.98 Å². The lowest BCUT2D eigenvalue weighted by Crippen LogP contribution is -2.33. The van der Waals surface area contributed by atoms with Crippen LogP contribution in [0.5, 0.6) is 0 Å². The highest BCUT2D eigenvalue weighted by Gasteiger charge is 2.22. The first kappa shape index (κ1) is 16.0. The highest BCUT2D eigenvalue weighted by Crippen LogP contribution is 2.17. The molecule has 2 heterocycles. The van der Waals surface area contributed by atoms with Gasteiger partial charge in [0.25, 0.3) is 5.91 Å². The van der Waals surface area contributed by atoms with Crippen molar-refractivity contribution in [2.24, 2.45) is 5.73 Å². The van der Waals surface area contributed by atoms with E-state index in [9.17, 15) is 9.59 Å². The Morgan fingerprint density at radius 3 is 2.77 bits per heavy atom. The summed E-state index contributed by atoms with van der Waals surface area (Å²) in [6.07, 6.45) is 2.69. The summed E-state index contributed by atoms with van der Waals surface area (Å²) in [4.78, 5) is 31.1. The second-order valence-corrected chi connectivity index (χ2v) is 6.38. The number of nitrogens with one attached hydrogen (secondary N) is 3. The smallest absolute Gasteiger partial charge is 0.254 e. The number of carbonyl (C=O) groups is 2. The molecule has 2 rings (SSSR count). The Hall–Kier alpha value is -2.38. The molecule has 0 saturated carbocycles. The van der Waals surface area contributed by atoms with Crippen molar-refractivity contribution in [2.45, 2.75) is 45.2 Å². The molecular formula is C14H22N6O2. The average Bonchev–Trinajstić information content (AvgIpc) is 2.80. The van der Waals surface area contributed by atoms with Gasteiger partial charge in [0.05, 0.1) is 5.56 Å². The molecule has 5 N–H and O–H groups in total. The van der Waals surface area contributed by atoms with Gasteiger partial charge in [0.2, 0.25) is 11.9 Å². The van der Waals surface area contributed by atoms with Crippen LogP contribution in [0.25, 0.3) is 0 Å². The molecule has 1 saturated heterocycles. The third kappa shape index (κ3) is 4.31. The van der Waals surface area contributed by atoms with Gasteiger partial charge < -0.3 is 21.7 Å². The van der Waals surface area contributed by atoms with Crippen LogP contribution in [-0.2, 0) is 4.79 Å². The molecule has 1 aliphatic heterocycles. The predicted octanol–water partition coefficient (Wildman–Crippen LogP) is 0.476. The van der Waals surface area contributed by atoms with Crippen LogP contribution in [0.3, 0.4) is 0 Å². The molecule has 1 aromatic heterocycles. The first-order valence-electron chi connectivity index (χ1n) is 7.23. The highest BCUT2D eigenvalue weighted by molar-refractivity contribution is 5.97. The van der Waals surface area contributed by atoms with Crippen molar-refractivity contribution in [3.8, 4) is 0 Å². The average molecular weight is 306 g/mol. The number of aromatic nitrogens is 2. The van der Waals surface area contributed by atoms with Crippen LogP contribution in [0, 0.1) is 0 Å². The van der Waals surface area contributed by atoms with Crippen molar-refractivity contribution in [3.05, 3.63) is 11.8 Å². The fraction of sp³-hybridized carbons (Fsp3) is 0.571. The van der Waals surface area contributed by atoms with E-state index in [1.807, 2.05) is 20.8 Å². The van der Waals surface area contributed by atoms with Crippen molar-refractivity contribution in [3.63, 3.8) is 0 Å². The summed E-state index contributed by atoms with van der Waals surface area (Å²) < 4.78 is 0. The van der Waals surface area contributed by atoms with E-state index < -0.39 is 5.91 Å². The minimum absolute atomic E-state index is 0.0298. The first-order chi connectivity index (χ1) is 10.2. The van der Waals surface area contributed by atoms with Crippen molar-refractivity contribution >= 4 is 23.6 Å². The zero-order valence-electron chi connectivity index (χ0n) is 13.1. The maximum absolute atomic E-state index is 11.5.